The van der Waals surface area contributed by atoms with E-state index in [-0.39, 0.29) is 38.6 Å². The van der Waals surface area contributed by atoms with Crippen LogP contribution in [0, 0.1) is 0 Å². The molecule has 0 aromatic carbocycles. The first-order chi connectivity index (χ1) is 41.8. The van der Waals surface area contributed by atoms with Gasteiger partial charge in [-0.05, 0) is 96.3 Å². The summed E-state index contributed by atoms with van der Waals surface area (Å²) >= 11 is 0. The van der Waals surface area contributed by atoms with Crippen molar-refractivity contribution in [1.82, 2.24) is 0 Å². The lowest BCUT2D eigenvalue weighted by molar-refractivity contribution is -0.161. The van der Waals surface area contributed by atoms with Crippen molar-refractivity contribution in [2.45, 2.75) is 328 Å². The average Bonchev–Trinajstić information content (AvgIpc) is 3.52. The second-order valence-corrected chi connectivity index (χ2v) is 24.8. The Hall–Kier alpha value is -3.33. The highest BCUT2D eigenvalue weighted by atomic mass is 31.2. The van der Waals surface area contributed by atoms with Crippen molar-refractivity contribution in [3.8, 4) is 0 Å². The summed E-state index contributed by atoms with van der Waals surface area (Å²) in [5, 5.41) is 0. The molecule has 85 heavy (non-hydrogen) atoms. The fourth-order valence-electron chi connectivity index (χ4n) is 10.0. The van der Waals surface area contributed by atoms with E-state index in [1.807, 2.05) is 0 Å². The van der Waals surface area contributed by atoms with E-state index < -0.39 is 26.5 Å². The lowest BCUT2D eigenvalue weighted by atomic mass is 10.0. The van der Waals surface area contributed by atoms with Gasteiger partial charge >= 0.3 is 19.8 Å². The van der Waals surface area contributed by atoms with Crippen LogP contribution < -0.4 is 5.73 Å². The SMILES string of the molecule is CC/C=C\C/C=C\C/C=C\C/C=C\C/C=C\CCCCCCCCCCCCCCCCCCCCCCCCCCCC(=O)OC(COC(=O)CCCCCCCCCCCC/C=C\C/C=C\C/C=C\C/C=C\CC)COP(=O)(O)OCCN. The molecule has 2 atom stereocenters. The predicted molar refractivity (Wildman–Crippen MR) is 367 cm³/mol. The molecule has 0 saturated heterocycles. The minimum atomic E-state index is -4.40. The third-order valence-corrected chi connectivity index (χ3v) is 16.1. The number of rotatable bonds is 66. The van der Waals surface area contributed by atoms with E-state index in [1.54, 1.807) is 0 Å². The molecule has 10 heteroatoms. The van der Waals surface area contributed by atoms with Crippen LogP contribution in [0.15, 0.2) is 109 Å². The van der Waals surface area contributed by atoms with Crippen LogP contribution in [0.5, 0.6) is 0 Å². The van der Waals surface area contributed by atoms with Crippen molar-refractivity contribution < 1.29 is 37.6 Å². The molecule has 0 saturated carbocycles. The Bertz CT molecular complexity index is 1760. The molecule has 0 aliphatic heterocycles. The monoisotopic (exact) mass is 1210 g/mol. The van der Waals surface area contributed by atoms with Crippen LogP contribution >= 0.6 is 7.82 Å². The number of phosphoric ester groups is 1. The number of carbonyl (C=O) groups excluding carboxylic acids is 2. The van der Waals surface area contributed by atoms with Gasteiger partial charge in [-0.15, -0.1) is 0 Å². The number of allylic oxidation sites excluding steroid dienone is 18. The molecule has 0 amide bonds. The van der Waals surface area contributed by atoms with Gasteiger partial charge < -0.3 is 20.1 Å². The number of hydrogen-bond acceptors (Lipinski definition) is 8. The molecule has 0 spiro atoms. The first kappa shape index (κ1) is 81.7. The van der Waals surface area contributed by atoms with E-state index in [1.165, 1.54) is 186 Å². The Morgan fingerprint density at radius 3 is 0.906 bits per heavy atom. The van der Waals surface area contributed by atoms with E-state index in [0.29, 0.717) is 6.42 Å². The van der Waals surface area contributed by atoms with Crippen molar-refractivity contribution in [2.24, 2.45) is 5.73 Å². The fourth-order valence-corrected chi connectivity index (χ4v) is 10.8. The normalized spacial score (nSPS) is 13.6. The lowest BCUT2D eigenvalue weighted by Gasteiger charge is -2.19. The van der Waals surface area contributed by atoms with E-state index in [2.05, 4.69) is 123 Å². The second kappa shape index (κ2) is 69.8. The summed E-state index contributed by atoms with van der Waals surface area (Å²) in [5.41, 5.74) is 5.40. The fraction of sp³-hybridized carbons (Fsp3) is 0.733. The zero-order valence-electron chi connectivity index (χ0n) is 55.1. The molecule has 0 aliphatic carbocycles. The largest absolute Gasteiger partial charge is 0.472 e. The molecule has 0 radical (unpaired) electrons. The topological polar surface area (TPSA) is 134 Å². The molecule has 490 valence electrons. The first-order valence-corrected chi connectivity index (χ1v) is 36.9. The molecule has 3 N–H and O–H groups in total. The maximum atomic E-state index is 12.8. The number of unbranched alkanes of at least 4 members (excludes halogenated alkanes) is 35. The van der Waals surface area contributed by atoms with Crippen LogP contribution in [0.4, 0.5) is 0 Å². The van der Waals surface area contributed by atoms with E-state index in [9.17, 15) is 19.0 Å². The lowest BCUT2D eigenvalue weighted by Crippen LogP contribution is -2.29. The Kier molecular flexibility index (Phi) is 67.0. The van der Waals surface area contributed by atoms with Crippen LogP contribution in [0.25, 0.3) is 0 Å². The van der Waals surface area contributed by atoms with Crippen molar-refractivity contribution in [3.63, 3.8) is 0 Å². The van der Waals surface area contributed by atoms with Gasteiger partial charge in [0.05, 0.1) is 13.2 Å². The third-order valence-electron chi connectivity index (χ3n) is 15.2. The van der Waals surface area contributed by atoms with Gasteiger partial charge in [0.15, 0.2) is 6.10 Å². The Morgan fingerprint density at radius 1 is 0.353 bits per heavy atom. The average molecular weight is 1210 g/mol. The first-order valence-electron chi connectivity index (χ1n) is 35.4. The summed E-state index contributed by atoms with van der Waals surface area (Å²) in [4.78, 5) is 35.3. The molecule has 0 rings (SSSR count). The third kappa shape index (κ3) is 69.6. The quantitative estimate of drug-likeness (QED) is 0.0264. The number of ether oxygens (including phenoxy) is 2. The maximum absolute atomic E-state index is 12.8. The van der Waals surface area contributed by atoms with Gasteiger partial charge in [-0.2, -0.15) is 0 Å². The van der Waals surface area contributed by atoms with Crippen molar-refractivity contribution in [2.75, 3.05) is 26.4 Å². The van der Waals surface area contributed by atoms with Crippen molar-refractivity contribution in [3.05, 3.63) is 109 Å². The van der Waals surface area contributed by atoms with Gasteiger partial charge in [-0.1, -0.05) is 322 Å². The Balaban J connectivity index is 3.80. The molecule has 0 aromatic rings. The van der Waals surface area contributed by atoms with Crippen LogP contribution in [0.2, 0.25) is 0 Å². The highest BCUT2D eigenvalue weighted by Crippen LogP contribution is 2.43. The molecular formula is C75H132NO8P. The number of nitrogens with two attached hydrogens (primary N) is 1. The number of carbonyl (C=O) groups is 2. The van der Waals surface area contributed by atoms with Crippen LogP contribution in [-0.2, 0) is 32.7 Å². The Morgan fingerprint density at radius 2 is 0.612 bits per heavy atom. The van der Waals surface area contributed by atoms with Gasteiger partial charge in [-0.3, -0.25) is 18.6 Å². The summed E-state index contributed by atoms with van der Waals surface area (Å²) < 4.78 is 33.2. The number of esters is 2. The molecule has 0 aliphatic rings. The van der Waals surface area contributed by atoms with Crippen molar-refractivity contribution in [1.29, 1.82) is 0 Å². The van der Waals surface area contributed by atoms with Gasteiger partial charge in [0.1, 0.15) is 6.61 Å². The molecule has 0 bridgehead atoms. The Labute approximate surface area is 524 Å². The molecule has 9 nitrogen and oxygen atoms in total. The zero-order chi connectivity index (χ0) is 61.6. The minimum Gasteiger partial charge on any atom is -0.462 e. The molecular weight excluding hydrogens is 1070 g/mol. The van der Waals surface area contributed by atoms with Gasteiger partial charge in [0, 0.05) is 19.4 Å². The summed E-state index contributed by atoms with van der Waals surface area (Å²) in [5.74, 6) is -0.823. The summed E-state index contributed by atoms with van der Waals surface area (Å²) in [6.07, 6.45) is 96.2. The van der Waals surface area contributed by atoms with Gasteiger partial charge in [0.25, 0.3) is 0 Å². The van der Waals surface area contributed by atoms with E-state index in [4.69, 9.17) is 24.3 Å². The number of phosphoric acid groups is 1. The highest BCUT2D eigenvalue weighted by molar-refractivity contribution is 7.47. The van der Waals surface area contributed by atoms with Crippen LogP contribution in [0.1, 0.15) is 322 Å². The minimum absolute atomic E-state index is 0.0508. The summed E-state index contributed by atoms with van der Waals surface area (Å²) in [6, 6.07) is 0. The summed E-state index contributed by atoms with van der Waals surface area (Å²) in [7, 11) is -4.40. The van der Waals surface area contributed by atoms with Crippen molar-refractivity contribution >= 4 is 19.8 Å². The second-order valence-electron chi connectivity index (χ2n) is 23.3. The predicted octanol–water partition coefficient (Wildman–Crippen LogP) is 23.3. The number of hydrogen-bond donors (Lipinski definition) is 2. The van der Waals surface area contributed by atoms with Gasteiger partial charge in [0.2, 0.25) is 0 Å². The maximum Gasteiger partial charge on any atom is 0.472 e. The van der Waals surface area contributed by atoms with Gasteiger partial charge in [-0.25, -0.2) is 4.57 Å². The molecule has 0 aromatic heterocycles. The van der Waals surface area contributed by atoms with E-state index >= 15 is 0 Å². The van der Waals surface area contributed by atoms with E-state index in [0.717, 1.165) is 103 Å². The zero-order valence-corrected chi connectivity index (χ0v) is 56.0. The highest BCUT2D eigenvalue weighted by Gasteiger charge is 2.26. The molecule has 0 fully saturated rings. The van der Waals surface area contributed by atoms with Crippen LogP contribution in [0.3, 0.4) is 0 Å². The smallest absolute Gasteiger partial charge is 0.462 e. The standard InChI is InChI=1S/C75H132NO8P/c1-3-5-7-9-11-13-15-17-19-21-23-25-27-28-29-30-31-32-33-34-35-36-37-38-39-40-41-42-43-44-46-48-50-52-54-56-58-60-62-64-66-68-75(78)84-73(72-83-85(79,80)82-70-69-76)71-81-74(77)67-65-63-61-59-57-55-53-51-49-47-45-26-24-22-20-18-16-14-12-10-8-6-4-2/h5-8,11-14,17-20,23-26,28-29,73H,3-4,9-10,15-16,21-22,27,30-72,76H2,1-2H3,(H,79,80)/b7-5-,8-6-,13-11-,14-12-,19-17-,20-18-,25-23-,26-24-,29-28-. The molecule has 0 heterocycles. The molecule has 2 unspecified atom stereocenters. The van der Waals surface area contributed by atoms with Crippen LogP contribution in [-0.4, -0.2) is 49.3 Å². The summed E-state index contributed by atoms with van der Waals surface area (Å²) in [6.45, 7) is 3.55.